The Morgan fingerprint density at radius 1 is 1.04 bits per heavy atom. The Kier molecular flexibility index (Phi) is 5.16. The Bertz CT molecular complexity index is 988. The third-order valence-corrected chi connectivity index (χ3v) is 5.86. The SMILES string of the molecule is Cc1cc(NC(=O)c2ccco2)sc1C(=O)Nc1ccccc1N1CCCC1. The molecule has 7 heteroatoms. The number of hydrogen-bond acceptors (Lipinski definition) is 5. The van der Waals surface area contributed by atoms with E-state index in [2.05, 4.69) is 15.5 Å². The smallest absolute Gasteiger partial charge is 0.291 e. The summed E-state index contributed by atoms with van der Waals surface area (Å²) >= 11 is 1.25. The highest BCUT2D eigenvalue weighted by Gasteiger charge is 2.20. The van der Waals surface area contributed by atoms with Crippen molar-refractivity contribution in [1.29, 1.82) is 0 Å². The fourth-order valence-electron chi connectivity index (χ4n) is 3.34. The minimum atomic E-state index is -0.336. The second-order valence-electron chi connectivity index (χ2n) is 6.72. The molecule has 3 heterocycles. The number of thiophene rings is 1. The van der Waals surface area contributed by atoms with Crippen LogP contribution in [-0.2, 0) is 0 Å². The fourth-order valence-corrected chi connectivity index (χ4v) is 4.31. The average molecular weight is 395 g/mol. The standard InChI is InChI=1S/C21H21N3O3S/c1-14-13-18(23-20(25)17-9-6-12-27-17)28-19(14)21(26)22-15-7-2-3-8-16(15)24-10-4-5-11-24/h2-3,6-9,12-13H,4-5,10-11H2,1H3,(H,22,26)(H,23,25). The molecule has 1 aliphatic heterocycles. The van der Waals surface area contributed by atoms with E-state index in [4.69, 9.17) is 4.42 Å². The van der Waals surface area contributed by atoms with Gasteiger partial charge in [0.05, 0.1) is 27.5 Å². The van der Waals surface area contributed by atoms with Gasteiger partial charge in [0.2, 0.25) is 0 Å². The van der Waals surface area contributed by atoms with E-state index in [-0.39, 0.29) is 17.6 Å². The second-order valence-corrected chi connectivity index (χ2v) is 7.77. The molecule has 0 bridgehead atoms. The molecule has 144 valence electrons. The first-order valence-electron chi connectivity index (χ1n) is 9.22. The van der Waals surface area contributed by atoms with E-state index in [1.54, 1.807) is 18.2 Å². The Balaban J connectivity index is 1.50. The highest BCUT2D eigenvalue weighted by molar-refractivity contribution is 7.18. The van der Waals surface area contributed by atoms with Gasteiger partial charge in [0.25, 0.3) is 11.8 Å². The van der Waals surface area contributed by atoms with Gasteiger partial charge >= 0.3 is 0 Å². The first kappa shape index (κ1) is 18.3. The molecule has 1 aliphatic rings. The van der Waals surface area contributed by atoms with Crippen LogP contribution < -0.4 is 15.5 Å². The first-order chi connectivity index (χ1) is 13.6. The number of furan rings is 1. The molecule has 0 aliphatic carbocycles. The molecule has 1 saturated heterocycles. The largest absolute Gasteiger partial charge is 0.459 e. The van der Waals surface area contributed by atoms with Crippen LogP contribution in [0.15, 0.2) is 53.1 Å². The van der Waals surface area contributed by atoms with E-state index in [1.807, 2.05) is 31.2 Å². The van der Waals surface area contributed by atoms with Gasteiger partial charge < -0.3 is 20.0 Å². The zero-order valence-electron chi connectivity index (χ0n) is 15.5. The van der Waals surface area contributed by atoms with Crippen molar-refractivity contribution in [3.63, 3.8) is 0 Å². The quantitative estimate of drug-likeness (QED) is 0.653. The zero-order chi connectivity index (χ0) is 19.5. The predicted octanol–water partition coefficient (Wildman–Crippen LogP) is 4.75. The summed E-state index contributed by atoms with van der Waals surface area (Å²) in [4.78, 5) is 27.9. The van der Waals surface area contributed by atoms with Gasteiger partial charge in [-0.3, -0.25) is 9.59 Å². The summed E-state index contributed by atoms with van der Waals surface area (Å²) in [6.45, 7) is 3.88. The Morgan fingerprint density at radius 2 is 1.82 bits per heavy atom. The molecule has 3 aromatic rings. The molecule has 1 aromatic carbocycles. The molecule has 6 nitrogen and oxygen atoms in total. The number of carbonyl (C=O) groups excluding carboxylic acids is 2. The summed E-state index contributed by atoms with van der Waals surface area (Å²) in [6, 6.07) is 12.9. The van der Waals surface area contributed by atoms with E-state index >= 15 is 0 Å². The minimum absolute atomic E-state index is 0.173. The Morgan fingerprint density at radius 3 is 2.57 bits per heavy atom. The van der Waals surface area contributed by atoms with E-state index in [0.29, 0.717) is 9.88 Å². The number of carbonyl (C=O) groups is 2. The Hall–Kier alpha value is -3.06. The molecule has 2 aromatic heterocycles. The number of nitrogens with one attached hydrogen (secondary N) is 2. The average Bonchev–Trinajstić information content (AvgIpc) is 3.44. The summed E-state index contributed by atoms with van der Waals surface area (Å²) in [7, 11) is 0. The first-order valence-corrected chi connectivity index (χ1v) is 10.0. The van der Waals surface area contributed by atoms with Crippen molar-refractivity contribution < 1.29 is 14.0 Å². The summed E-state index contributed by atoms with van der Waals surface area (Å²) < 4.78 is 5.10. The fraction of sp³-hybridized carbons (Fsp3) is 0.238. The van der Waals surface area contributed by atoms with Crippen LogP contribution in [0.2, 0.25) is 0 Å². The van der Waals surface area contributed by atoms with Gasteiger partial charge in [0.1, 0.15) is 0 Å². The molecule has 1 fully saturated rings. The topological polar surface area (TPSA) is 74.6 Å². The molecule has 0 spiro atoms. The number of amides is 2. The Labute approximate surface area is 167 Å². The maximum absolute atomic E-state index is 12.9. The zero-order valence-corrected chi connectivity index (χ0v) is 16.3. The molecule has 0 unspecified atom stereocenters. The van der Waals surface area contributed by atoms with Crippen molar-refractivity contribution in [2.24, 2.45) is 0 Å². The van der Waals surface area contributed by atoms with Gasteiger partial charge in [-0.1, -0.05) is 12.1 Å². The second kappa shape index (κ2) is 7.90. The van der Waals surface area contributed by atoms with Crippen molar-refractivity contribution in [3.8, 4) is 0 Å². The summed E-state index contributed by atoms with van der Waals surface area (Å²) in [5.74, 6) is -0.276. The molecule has 0 radical (unpaired) electrons. The summed E-state index contributed by atoms with van der Waals surface area (Å²) in [6.07, 6.45) is 3.79. The number of rotatable bonds is 5. The molecule has 2 N–H and O–H groups in total. The number of nitrogens with zero attached hydrogens (tertiary/aromatic N) is 1. The number of hydrogen-bond donors (Lipinski definition) is 2. The molecular formula is C21H21N3O3S. The molecule has 0 atom stereocenters. The van der Waals surface area contributed by atoms with Gasteiger partial charge in [-0.2, -0.15) is 0 Å². The van der Waals surface area contributed by atoms with Crippen molar-refractivity contribution >= 4 is 39.5 Å². The van der Waals surface area contributed by atoms with E-state index in [1.165, 1.54) is 30.4 Å². The summed E-state index contributed by atoms with van der Waals surface area (Å²) in [5.41, 5.74) is 2.67. The normalized spacial score (nSPS) is 13.5. The highest BCUT2D eigenvalue weighted by atomic mass is 32.1. The maximum atomic E-state index is 12.9. The third kappa shape index (κ3) is 3.80. The van der Waals surface area contributed by atoms with Crippen LogP contribution in [0.4, 0.5) is 16.4 Å². The van der Waals surface area contributed by atoms with Crippen LogP contribution >= 0.6 is 11.3 Å². The lowest BCUT2D eigenvalue weighted by atomic mass is 10.2. The van der Waals surface area contributed by atoms with Crippen molar-refractivity contribution in [3.05, 3.63) is 64.9 Å². The lowest BCUT2D eigenvalue weighted by molar-refractivity contribution is 0.0995. The van der Waals surface area contributed by atoms with Crippen molar-refractivity contribution in [1.82, 2.24) is 0 Å². The van der Waals surface area contributed by atoms with E-state index < -0.39 is 0 Å². The van der Waals surface area contributed by atoms with Crippen molar-refractivity contribution in [2.45, 2.75) is 19.8 Å². The van der Waals surface area contributed by atoms with Gasteiger partial charge in [-0.15, -0.1) is 11.3 Å². The molecular weight excluding hydrogens is 374 g/mol. The number of benzene rings is 1. The number of anilines is 3. The lowest BCUT2D eigenvalue weighted by Crippen LogP contribution is -2.21. The van der Waals surface area contributed by atoms with E-state index in [9.17, 15) is 9.59 Å². The maximum Gasteiger partial charge on any atom is 0.291 e. The van der Waals surface area contributed by atoms with Crippen LogP contribution in [0.25, 0.3) is 0 Å². The van der Waals surface area contributed by atoms with Crippen LogP contribution in [-0.4, -0.2) is 24.9 Å². The highest BCUT2D eigenvalue weighted by Crippen LogP contribution is 2.31. The lowest BCUT2D eigenvalue weighted by Gasteiger charge is -2.21. The van der Waals surface area contributed by atoms with Gasteiger partial charge in [-0.25, -0.2) is 0 Å². The van der Waals surface area contributed by atoms with E-state index in [0.717, 1.165) is 30.0 Å². The molecule has 4 rings (SSSR count). The number of para-hydroxylation sites is 2. The van der Waals surface area contributed by atoms with Crippen molar-refractivity contribution in [2.75, 3.05) is 28.6 Å². The van der Waals surface area contributed by atoms with Gasteiger partial charge in [0.15, 0.2) is 5.76 Å². The third-order valence-electron chi connectivity index (χ3n) is 4.70. The number of aryl methyl sites for hydroxylation is 1. The van der Waals surface area contributed by atoms with Crippen LogP contribution in [0.3, 0.4) is 0 Å². The monoisotopic (exact) mass is 395 g/mol. The molecule has 2 amide bonds. The molecule has 28 heavy (non-hydrogen) atoms. The van der Waals surface area contributed by atoms with Gasteiger partial charge in [-0.05, 0) is 55.7 Å². The minimum Gasteiger partial charge on any atom is -0.459 e. The summed E-state index contributed by atoms with van der Waals surface area (Å²) in [5, 5.41) is 6.42. The van der Waals surface area contributed by atoms with Crippen LogP contribution in [0.5, 0.6) is 0 Å². The van der Waals surface area contributed by atoms with Crippen LogP contribution in [0, 0.1) is 6.92 Å². The predicted molar refractivity (Wildman–Crippen MR) is 112 cm³/mol. The van der Waals surface area contributed by atoms with Crippen LogP contribution in [0.1, 0.15) is 38.6 Å². The molecule has 0 saturated carbocycles. The van der Waals surface area contributed by atoms with Gasteiger partial charge in [0, 0.05) is 13.1 Å².